The SMILES string of the molecule is [SiH4].[SiH4].[SiH4].[Ti].[Ti].[Ti].[Ti].[Ti]. The van der Waals surface area contributed by atoms with Crippen LogP contribution in [0, 0.1) is 0 Å². The second kappa shape index (κ2) is 65.8. The fourth-order valence-electron chi connectivity index (χ4n) is 0. The number of rotatable bonds is 0. The molecule has 0 amide bonds. The van der Waals surface area contributed by atoms with E-state index in [9.17, 15) is 0 Å². The zero-order valence-corrected chi connectivity index (χ0v) is 10.3. The molecule has 0 fully saturated rings. The van der Waals surface area contributed by atoms with Gasteiger partial charge < -0.3 is 0 Å². The topological polar surface area (TPSA) is 0 Å². The fraction of sp³-hybridized carbons (Fsp3) is 0. The molecule has 0 aliphatic heterocycles. The maximum absolute atomic E-state index is 0. The van der Waals surface area contributed by atoms with Gasteiger partial charge in [0.2, 0.25) is 0 Å². The Bertz CT molecular complexity index is 7.64. The third-order valence-electron chi connectivity index (χ3n) is 0. The van der Waals surface area contributed by atoms with Crippen LogP contribution in [0.5, 0.6) is 0 Å². The van der Waals surface area contributed by atoms with Gasteiger partial charge in [0, 0.05) is 109 Å². The predicted molar refractivity (Wildman–Crippen MR) is 34.0 cm³/mol. The summed E-state index contributed by atoms with van der Waals surface area (Å²) in [4.78, 5) is 0. The molecule has 0 saturated heterocycles. The summed E-state index contributed by atoms with van der Waals surface area (Å²) < 4.78 is 0. The summed E-state index contributed by atoms with van der Waals surface area (Å²) in [6, 6.07) is 0. The van der Waals surface area contributed by atoms with E-state index in [0.717, 1.165) is 0 Å². The molecule has 8 heteroatoms. The van der Waals surface area contributed by atoms with Gasteiger partial charge in [-0.2, -0.15) is 0 Å². The van der Waals surface area contributed by atoms with E-state index in [2.05, 4.69) is 0 Å². The Morgan fingerprint density at radius 1 is 0.250 bits per heavy atom. The van der Waals surface area contributed by atoms with Crippen LogP contribution in [0.3, 0.4) is 0 Å². The molecule has 8 heavy (non-hydrogen) atoms. The maximum atomic E-state index is 0. The van der Waals surface area contributed by atoms with E-state index in [1.54, 1.807) is 0 Å². The van der Waals surface area contributed by atoms with Gasteiger partial charge in [-0.25, -0.2) is 0 Å². The monoisotopic (exact) mass is 336 g/mol. The first-order chi connectivity index (χ1) is 0. The summed E-state index contributed by atoms with van der Waals surface area (Å²) in [5, 5.41) is 0. The van der Waals surface area contributed by atoms with E-state index in [0.29, 0.717) is 0 Å². The molecule has 0 rings (SSSR count). The molecule has 0 heterocycles. The summed E-state index contributed by atoms with van der Waals surface area (Å²) in [6.07, 6.45) is 0. The number of hydrogen-bond donors (Lipinski definition) is 0. The summed E-state index contributed by atoms with van der Waals surface area (Å²) in [5.41, 5.74) is 0. The molecule has 0 radical (unpaired) electrons. The van der Waals surface area contributed by atoms with Gasteiger partial charge in [-0.1, -0.05) is 0 Å². The first kappa shape index (κ1) is 86.3. The van der Waals surface area contributed by atoms with Crippen LogP contribution < -0.4 is 0 Å². The molecular formula is H12Si3Ti5. The smallest absolute Gasteiger partial charge is 0 e. The van der Waals surface area contributed by atoms with Crippen molar-refractivity contribution < 1.29 is 109 Å². The minimum atomic E-state index is 0. The molecule has 0 aromatic carbocycles. The molecule has 0 saturated carbocycles. The summed E-state index contributed by atoms with van der Waals surface area (Å²) in [6.45, 7) is 0. The van der Waals surface area contributed by atoms with Gasteiger partial charge in [0.1, 0.15) is 0 Å². The van der Waals surface area contributed by atoms with E-state index < -0.39 is 0 Å². The van der Waals surface area contributed by atoms with Crippen molar-refractivity contribution in [1.82, 2.24) is 0 Å². The van der Waals surface area contributed by atoms with Gasteiger partial charge >= 0.3 is 0 Å². The summed E-state index contributed by atoms with van der Waals surface area (Å²) in [7, 11) is 0. The van der Waals surface area contributed by atoms with E-state index in [4.69, 9.17) is 0 Å². The first-order valence-electron chi connectivity index (χ1n) is 0. The Kier molecular flexibility index (Phi) is 710. The molecule has 0 aliphatic carbocycles. The van der Waals surface area contributed by atoms with Gasteiger partial charge in [0.15, 0.2) is 0 Å². The molecule has 0 N–H and O–H groups in total. The van der Waals surface area contributed by atoms with E-state index in [1.807, 2.05) is 0 Å². The Labute approximate surface area is 139 Å². The molecule has 0 bridgehead atoms. The molecule has 0 spiro atoms. The molecule has 0 unspecified atom stereocenters. The third-order valence-corrected chi connectivity index (χ3v) is 0. The van der Waals surface area contributed by atoms with Crippen LogP contribution in [0.1, 0.15) is 0 Å². The quantitative estimate of drug-likeness (QED) is 0.393. The summed E-state index contributed by atoms with van der Waals surface area (Å²) in [5.74, 6) is 0. The molecule has 44 valence electrons. The molecular weight excluding hydrogens is 324 g/mol. The molecule has 0 aliphatic rings. The van der Waals surface area contributed by atoms with Gasteiger partial charge in [-0.3, -0.25) is 0 Å². The largest absolute Gasteiger partial charge is 0.0149 e. The van der Waals surface area contributed by atoms with Crippen LogP contribution in [-0.4, -0.2) is 32.9 Å². The Morgan fingerprint density at radius 2 is 0.250 bits per heavy atom. The van der Waals surface area contributed by atoms with Crippen LogP contribution in [0.4, 0.5) is 0 Å². The molecule has 0 aromatic heterocycles. The van der Waals surface area contributed by atoms with Crippen molar-refractivity contribution in [3.8, 4) is 0 Å². The van der Waals surface area contributed by atoms with Crippen molar-refractivity contribution in [2.75, 3.05) is 0 Å². The van der Waals surface area contributed by atoms with Crippen LogP contribution in [0.2, 0.25) is 0 Å². The maximum Gasteiger partial charge on any atom is 0 e. The molecule has 0 nitrogen and oxygen atoms in total. The van der Waals surface area contributed by atoms with Gasteiger partial charge in [-0.15, -0.1) is 0 Å². The fourth-order valence-corrected chi connectivity index (χ4v) is 0. The van der Waals surface area contributed by atoms with E-state index >= 15 is 0 Å². The summed E-state index contributed by atoms with van der Waals surface area (Å²) >= 11 is 0. The standard InChI is InChI=1S/3H4Si.5Ti/h3*1H4;;;;;. The average molecular weight is 336 g/mol. The second-order valence-corrected chi connectivity index (χ2v) is 0. The van der Waals surface area contributed by atoms with Crippen molar-refractivity contribution in [3.05, 3.63) is 0 Å². The van der Waals surface area contributed by atoms with Crippen molar-refractivity contribution in [2.45, 2.75) is 0 Å². The molecule has 0 aromatic rings. The first-order valence-corrected chi connectivity index (χ1v) is 0. The van der Waals surface area contributed by atoms with Crippen LogP contribution in [0.25, 0.3) is 0 Å². The normalized spacial score (nSPS) is 0. The zero-order valence-electron chi connectivity index (χ0n) is 2.50. The van der Waals surface area contributed by atoms with Crippen LogP contribution >= 0.6 is 0 Å². The van der Waals surface area contributed by atoms with Crippen molar-refractivity contribution in [2.24, 2.45) is 0 Å². The van der Waals surface area contributed by atoms with Crippen LogP contribution in [0.15, 0.2) is 0 Å². The van der Waals surface area contributed by atoms with Gasteiger partial charge in [-0.05, 0) is 32.9 Å². The second-order valence-electron chi connectivity index (χ2n) is 0. The Balaban J connectivity index is 0. The van der Waals surface area contributed by atoms with Crippen molar-refractivity contribution >= 4 is 32.9 Å². The molecule has 0 atom stereocenters. The predicted octanol–water partition coefficient (Wildman–Crippen LogP) is -4.37. The minimum Gasteiger partial charge on any atom is -0.0149 e. The van der Waals surface area contributed by atoms with Gasteiger partial charge in [0.05, 0.1) is 0 Å². The van der Waals surface area contributed by atoms with Gasteiger partial charge in [0.25, 0.3) is 0 Å². The third kappa shape index (κ3) is 48.8. The van der Waals surface area contributed by atoms with Crippen molar-refractivity contribution in [1.29, 1.82) is 0 Å². The van der Waals surface area contributed by atoms with Crippen molar-refractivity contribution in [3.63, 3.8) is 0 Å². The minimum absolute atomic E-state index is 0. The Hall–Kier alpha value is 4.22. The van der Waals surface area contributed by atoms with Crippen LogP contribution in [-0.2, 0) is 109 Å². The zero-order chi connectivity index (χ0) is 0. The van der Waals surface area contributed by atoms with E-state index in [1.165, 1.54) is 0 Å². The Morgan fingerprint density at radius 3 is 0.250 bits per heavy atom. The average Bonchev–Trinajstić information content (AvgIpc) is 0. The van der Waals surface area contributed by atoms with E-state index in [-0.39, 0.29) is 141 Å². The number of hydrogen-bond acceptors (Lipinski definition) is 0.